The van der Waals surface area contributed by atoms with E-state index in [0.29, 0.717) is 11.8 Å². The minimum atomic E-state index is -4.43. The van der Waals surface area contributed by atoms with Crippen molar-refractivity contribution in [1.82, 2.24) is 4.90 Å². The van der Waals surface area contributed by atoms with E-state index in [1.54, 1.807) is 12.2 Å². The van der Waals surface area contributed by atoms with Crippen molar-refractivity contribution < 1.29 is 36.6 Å². The molecule has 36 heavy (non-hydrogen) atoms. The quantitative estimate of drug-likeness (QED) is 0.271. The maximum absolute atomic E-state index is 13.4. The van der Waals surface area contributed by atoms with Gasteiger partial charge in [0.25, 0.3) is 5.91 Å². The highest BCUT2D eigenvalue weighted by Crippen LogP contribution is 2.44. The number of rotatable bonds is 14. The van der Waals surface area contributed by atoms with Crippen molar-refractivity contribution in [2.75, 3.05) is 27.7 Å². The number of alkyl halides is 3. The van der Waals surface area contributed by atoms with E-state index in [1.807, 2.05) is 13.0 Å². The summed E-state index contributed by atoms with van der Waals surface area (Å²) in [5.41, 5.74) is 0.0132. The van der Waals surface area contributed by atoms with Crippen molar-refractivity contribution in [3.8, 4) is 0 Å². The molecule has 1 aromatic rings. The lowest BCUT2D eigenvalue weighted by atomic mass is 9.79. The fraction of sp³-hybridized carbons (Fsp3) is 0.593. The Morgan fingerprint density at radius 1 is 1.31 bits per heavy atom. The van der Waals surface area contributed by atoms with Crippen LogP contribution in [-0.4, -0.2) is 50.3 Å². The molecule has 2 aliphatic rings. The molecule has 1 amide bonds. The van der Waals surface area contributed by atoms with Crippen molar-refractivity contribution in [2.24, 2.45) is 5.92 Å². The fourth-order valence-electron chi connectivity index (χ4n) is 4.62. The van der Waals surface area contributed by atoms with E-state index in [9.17, 15) is 18.0 Å². The molecule has 0 radical (unpaired) electrons. The van der Waals surface area contributed by atoms with Gasteiger partial charge in [-0.25, -0.2) is 0 Å². The average Bonchev–Trinajstić information content (AvgIpc) is 3.58. The van der Waals surface area contributed by atoms with Gasteiger partial charge in [-0.3, -0.25) is 9.69 Å². The molecular weight excluding hydrogens is 475 g/mol. The maximum Gasteiger partial charge on any atom is 0.392 e. The number of halogens is 3. The molecule has 0 bridgehead atoms. The summed E-state index contributed by atoms with van der Waals surface area (Å²) in [4.78, 5) is 14.5. The lowest BCUT2D eigenvalue weighted by Gasteiger charge is -2.50. The van der Waals surface area contributed by atoms with E-state index in [2.05, 4.69) is 6.58 Å². The van der Waals surface area contributed by atoms with E-state index in [-0.39, 0.29) is 25.6 Å². The van der Waals surface area contributed by atoms with Crippen LogP contribution in [0.5, 0.6) is 0 Å². The molecule has 1 aliphatic carbocycles. The van der Waals surface area contributed by atoms with Gasteiger partial charge in [-0.15, -0.1) is 0 Å². The molecule has 200 valence electrons. The highest BCUT2D eigenvalue weighted by atomic mass is 19.4. The fourth-order valence-corrected chi connectivity index (χ4v) is 4.62. The van der Waals surface area contributed by atoms with Crippen LogP contribution in [0.4, 0.5) is 13.2 Å². The number of carbonyl (C=O) groups is 1. The minimum absolute atomic E-state index is 0.0759. The molecule has 0 N–H and O–H groups in total. The smallest absolute Gasteiger partial charge is 0.392 e. The number of β-lactam (4-membered cyclic amide) rings is 1. The molecular formula is C27H36F3NO5. The lowest BCUT2D eigenvalue weighted by molar-refractivity contribution is -0.195. The normalized spacial score (nSPS) is 22.8. The van der Waals surface area contributed by atoms with Crippen LogP contribution in [-0.2, 0) is 25.4 Å². The van der Waals surface area contributed by atoms with Crippen LogP contribution < -0.4 is 10.6 Å². The molecule has 1 atom stereocenters. The predicted octanol–water partition coefficient (Wildman–Crippen LogP) is 4.57. The van der Waals surface area contributed by atoms with Crippen LogP contribution in [0.15, 0.2) is 34.9 Å². The summed E-state index contributed by atoms with van der Waals surface area (Å²) in [7, 11) is 2.78. The highest BCUT2D eigenvalue weighted by Gasteiger charge is 2.58. The predicted molar refractivity (Wildman–Crippen MR) is 130 cm³/mol. The van der Waals surface area contributed by atoms with Crippen molar-refractivity contribution >= 4 is 17.6 Å². The van der Waals surface area contributed by atoms with Gasteiger partial charge >= 0.3 is 6.18 Å². The molecule has 0 spiro atoms. The second-order valence-corrected chi connectivity index (χ2v) is 9.34. The summed E-state index contributed by atoms with van der Waals surface area (Å²) >= 11 is 0. The Kier molecular flexibility index (Phi) is 9.60. The third-order valence-corrected chi connectivity index (χ3v) is 6.48. The molecule has 9 heteroatoms. The van der Waals surface area contributed by atoms with Crippen molar-refractivity contribution in [1.29, 1.82) is 0 Å². The molecule has 2 fully saturated rings. The van der Waals surface area contributed by atoms with Gasteiger partial charge in [-0.1, -0.05) is 50.5 Å². The maximum atomic E-state index is 13.4. The summed E-state index contributed by atoms with van der Waals surface area (Å²) in [6.45, 7) is 5.37. The molecule has 1 saturated carbocycles. The Morgan fingerprint density at radius 3 is 2.64 bits per heavy atom. The molecule has 2 heterocycles. The van der Waals surface area contributed by atoms with E-state index < -0.39 is 24.1 Å². The number of hydrogen-bond donors (Lipinski definition) is 0. The van der Waals surface area contributed by atoms with Gasteiger partial charge in [0.1, 0.15) is 24.7 Å². The second kappa shape index (κ2) is 12.3. The number of methoxy groups -OCH3 is 2. The first kappa shape index (κ1) is 28.2. The molecule has 1 aliphatic heterocycles. The first-order valence-corrected chi connectivity index (χ1v) is 12.3. The van der Waals surface area contributed by atoms with E-state index in [4.69, 9.17) is 18.6 Å². The highest BCUT2D eigenvalue weighted by molar-refractivity contribution is 5.99. The van der Waals surface area contributed by atoms with Crippen LogP contribution in [0.3, 0.4) is 0 Å². The van der Waals surface area contributed by atoms with E-state index >= 15 is 0 Å². The minimum Gasteiger partial charge on any atom is -0.461 e. The largest absolute Gasteiger partial charge is 0.461 e. The summed E-state index contributed by atoms with van der Waals surface area (Å²) in [6, 6.07) is 1.99. The summed E-state index contributed by atoms with van der Waals surface area (Å²) in [6.07, 6.45) is 4.61. The Hall–Kier alpha value is -2.36. The average molecular weight is 512 g/mol. The Bertz CT molecular complexity index is 1070. The molecule has 1 aromatic heterocycles. The number of aryl methyl sites for hydroxylation is 1. The van der Waals surface area contributed by atoms with E-state index in [1.165, 1.54) is 32.0 Å². The molecule has 1 saturated heterocycles. The van der Waals surface area contributed by atoms with Crippen molar-refractivity contribution in [3.05, 3.63) is 46.9 Å². The number of nitrogens with zero attached hydrogens (tertiary/aromatic N) is 1. The third kappa shape index (κ3) is 6.69. The second-order valence-electron chi connectivity index (χ2n) is 9.34. The number of allylic oxidation sites excluding steroid dienone is 2. The number of likely N-dealkylation sites (tertiary alicyclic amines) is 1. The SMILES string of the molecule is C=C/C=c1/oc(CCC2CC2)c/c1=C(/CCC)C[C@]1(OCOC)C(=O)N(COC)/C1=C/CC(F)(F)F. The molecule has 6 nitrogen and oxygen atoms in total. The van der Waals surface area contributed by atoms with Gasteiger partial charge in [0.2, 0.25) is 0 Å². The van der Waals surface area contributed by atoms with E-state index in [0.717, 1.165) is 47.8 Å². The van der Waals surface area contributed by atoms with Crippen molar-refractivity contribution in [3.63, 3.8) is 0 Å². The van der Waals surface area contributed by atoms with Crippen molar-refractivity contribution in [2.45, 2.75) is 70.1 Å². The zero-order valence-corrected chi connectivity index (χ0v) is 21.3. The number of carbonyl (C=O) groups excluding carboxylic acids is 1. The van der Waals surface area contributed by atoms with Crippen LogP contribution >= 0.6 is 0 Å². The van der Waals surface area contributed by atoms with Gasteiger partial charge in [0, 0.05) is 32.3 Å². The number of amides is 1. The zero-order chi connectivity index (χ0) is 26.3. The zero-order valence-electron chi connectivity index (χ0n) is 21.3. The molecule has 3 rings (SSSR count). The standard InChI is InChI=1S/C27H36F3NO5/c1-5-7-20(22-15-21(12-11-19-9-10-19)36-23(22)8-6-2)16-26(35-18-34-4)24(13-14-27(28,29)30)31(17-33-3)25(26)32/h6,8,13,15,19H,2,5,7,9-12,14,16-18H2,1,3-4H3/b22-20+,23-8+,24-13+/t26-/m1/s1. The Balaban J connectivity index is 2.09. The monoisotopic (exact) mass is 511 g/mol. The van der Waals surface area contributed by atoms with Gasteiger partial charge in [-0.05, 0) is 30.9 Å². The third-order valence-electron chi connectivity index (χ3n) is 6.48. The number of ether oxygens (including phenoxy) is 3. The summed E-state index contributed by atoms with van der Waals surface area (Å²) < 4.78 is 61.6. The molecule has 0 unspecified atom stereocenters. The summed E-state index contributed by atoms with van der Waals surface area (Å²) in [5, 5.41) is 0.830. The molecule has 0 aromatic carbocycles. The Labute approximate surface area is 210 Å². The van der Waals surface area contributed by atoms with Gasteiger partial charge < -0.3 is 18.6 Å². The topological polar surface area (TPSA) is 61.1 Å². The van der Waals surface area contributed by atoms with Crippen LogP contribution in [0, 0.1) is 5.92 Å². The lowest BCUT2D eigenvalue weighted by Crippen LogP contribution is -2.66. The van der Waals surface area contributed by atoms with Gasteiger partial charge in [0.15, 0.2) is 5.60 Å². The number of hydrogen-bond acceptors (Lipinski definition) is 5. The summed E-state index contributed by atoms with van der Waals surface area (Å²) in [5.74, 6) is 1.13. The first-order chi connectivity index (χ1) is 17.2. The Morgan fingerprint density at radius 2 is 2.06 bits per heavy atom. The van der Waals surface area contributed by atoms with Gasteiger partial charge in [0.05, 0.1) is 12.1 Å². The van der Waals surface area contributed by atoms with Crippen LogP contribution in [0.25, 0.3) is 11.6 Å². The van der Waals surface area contributed by atoms with Crippen LogP contribution in [0.1, 0.15) is 57.6 Å². The number of furan rings is 1. The first-order valence-electron chi connectivity index (χ1n) is 12.3. The van der Waals surface area contributed by atoms with Gasteiger partial charge in [-0.2, -0.15) is 13.2 Å². The van der Waals surface area contributed by atoms with Crippen LogP contribution in [0.2, 0.25) is 0 Å².